The molecule has 1 amide bonds. The summed E-state index contributed by atoms with van der Waals surface area (Å²) in [6.45, 7) is 4.75. The van der Waals surface area contributed by atoms with Crippen LogP contribution < -0.4 is 0 Å². The lowest BCUT2D eigenvalue weighted by atomic mass is 9.97. The van der Waals surface area contributed by atoms with Gasteiger partial charge in [-0.15, -0.1) is 10.2 Å². The Morgan fingerprint density at radius 2 is 2.15 bits per heavy atom. The third-order valence-electron chi connectivity index (χ3n) is 5.12. The molecule has 27 heavy (non-hydrogen) atoms. The van der Waals surface area contributed by atoms with Gasteiger partial charge >= 0.3 is 0 Å². The van der Waals surface area contributed by atoms with Crippen molar-refractivity contribution in [2.75, 3.05) is 13.1 Å². The summed E-state index contributed by atoms with van der Waals surface area (Å²) in [6.07, 6.45) is 7.46. The Labute approximate surface area is 157 Å². The van der Waals surface area contributed by atoms with E-state index in [1.807, 2.05) is 46.6 Å². The van der Waals surface area contributed by atoms with Gasteiger partial charge < -0.3 is 9.47 Å². The Bertz CT molecular complexity index is 910. The molecule has 9 nitrogen and oxygen atoms in total. The maximum atomic E-state index is 12.8. The van der Waals surface area contributed by atoms with Crippen molar-refractivity contribution in [2.45, 2.75) is 38.8 Å². The van der Waals surface area contributed by atoms with E-state index < -0.39 is 0 Å². The fraction of sp³-hybridized carbons (Fsp3) is 0.500. The van der Waals surface area contributed by atoms with E-state index in [0.29, 0.717) is 18.8 Å². The normalized spacial score (nSPS) is 17.4. The van der Waals surface area contributed by atoms with Crippen molar-refractivity contribution in [2.24, 2.45) is 7.05 Å². The zero-order valence-electron chi connectivity index (χ0n) is 15.7. The number of hydrogen-bond donors (Lipinski definition) is 0. The molecule has 4 rings (SSSR count). The van der Waals surface area contributed by atoms with Crippen molar-refractivity contribution >= 4 is 5.91 Å². The topological polar surface area (TPSA) is 86.7 Å². The fourth-order valence-electron chi connectivity index (χ4n) is 3.59. The molecule has 0 aromatic carbocycles. The standard InChI is InChI=1S/C18H24N8O/c1-3-25-11-7-15(22-25)18(27)24-9-4-6-14(12-24)17-21-20-16(23(17)2)13-26-10-5-8-19-26/h5,7-8,10-11,14H,3-4,6,9,12-13H2,1-2H3. The summed E-state index contributed by atoms with van der Waals surface area (Å²) in [7, 11) is 1.98. The quantitative estimate of drug-likeness (QED) is 0.677. The van der Waals surface area contributed by atoms with Crippen molar-refractivity contribution in [1.82, 2.24) is 39.2 Å². The van der Waals surface area contributed by atoms with Crippen LogP contribution in [0.4, 0.5) is 0 Å². The molecule has 0 bridgehead atoms. The molecule has 1 saturated heterocycles. The van der Waals surface area contributed by atoms with Gasteiger partial charge in [0.1, 0.15) is 18.1 Å². The minimum Gasteiger partial charge on any atom is -0.337 e. The van der Waals surface area contributed by atoms with Gasteiger partial charge in [0, 0.05) is 51.2 Å². The highest BCUT2D eigenvalue weighted by Crippen LogP contribution is 2.26. The van der Waals surface area contributed by atoms with E-state index in [9.17, 15) is 4.79 Å². The largest absolute Gasteiger partial charge is 0.337 e. The molecular formula is C18H24N8O. The van der Waals surface area contributed by atoms with Gasteiger partial charge in [0.05, 0.1) is 0 Å². The van der Waals surface area contributed by atoms with Crippen LogP contribution in [-0.2, 0) is 20.1 Å². The van der Waals surface area contributed by atoms with E-state index in [1.54, 1.807) is 16.9 Å². The number of piperidine rings is 1. The first-order valence-electron chi connectivity index (χ1n) is 9.34. The van der Waals surface area contributed by atoms with E-state index in [2.05, 4.69) is 20.4 Å². The molecule has 3 aromatic heterocycles. The van der Waals surface area contributed by atoms with E-state index in [-0.39, 0.29) is 11.8 Å². The van der Waals surface area contributed by atoms with Crippen LogP contribution in [0.25, 0.3) is 0 Å². The van der Waals surface area contributed by atoms with Crippen LogP contribution in [0.3, 0.4) is 0 Å². The molecule has 0 N–H and O–H groups in total. The Morgan fingerprint density at radius 3 is 2.89 bits per heavy atom. The molecule has 1 aliphatic heterocycles. The number of carbonyl (C=O) groups is 1. The molecule has 142 valence electrons. The van der Waals surface area contributed by atoms with E-state index in [0.717, 1.165) is 37.6 Å². The second kappa shape index (κ2) is 7.34. The second-order valence-electron chi connectivity index (χ2n) is 6.88. The van der Waals surface area contributed by atoms with Gasteiger partial charge in [0.2, 0.25) is 0 Å². The Morgan fingerprint density at radius 1 is 1.26 bits per heavy atom. The van der Waals surface area contributed by atoms with Crippen LogP contribution in [0.5, 0.6) is 0 Å². The van der Waals surface area contributed by atoms with Crippen molar-refractivity contribution < 1.29 is 4.79 Å². The minimum atomic E-state index is -0.00849. The number of aromatic nitrogens is 7. The summed E-state index contributed by atoms with van der Waals surface area (Å²) < 4.78 is 5.64. The first-order valence-corrected chi connectivity index (χ1v) is 9.34. The lowest BCUT2D eigenvalue weighted by molar-refractivity contribution is 0.0696. The maximum Gasteiger partial charge on any atom is 0.274 e. The number of hydrogen-bond acceptors (Lipinski definition) is 5. The lowest BCUT2D eigenvalue weighted by Gasteiger charge is -2.31. The third-order valence-corrected chi connectivity index (χ3v) is 5.12. The average molecular weight is 368 g/mol. The second-order valence-corrected chi connectivity index (χ2v) is 6.88. The Hall–Kier alpha value is -2.97. The van der Waals surface area contributed by atoms with Gasteiger partial charge in [-0.25, -0.2) is 0 Å². The van der Waals surface area contributed by atoms with Crippen LogP contribution in [-0.4, -0.2) is 58.2 Å². The molecule has 0 aliphatic carbocycles. The number of aryl methyl sites for hydroxylation is 1. The molecule has 0 saturated carbocycles. The first-order chi connectivity index (χ1) is 13.2. The molecule has 0 radical (unpaired) electrons. The summed E-state index contributed by atoms with van der Waals surface area (Å²) in [5, 5.41) is 17.3. The molecule has 0 spiro atoms. The van der Waals surface area contributed by atoms with Gasteiger partial charge in [-0.2, -0.15) is 10.2 Å². The average Bonchev–Trinajstić information content (AvgIpc) is 3.44. The highest BCUT2D eigenvalue weighted by Gasteiger charge is 2.29. The molecule has 3 aromatic rings. The smallest absolute Gasteiger partial charge is 0.274 e. The van der Waals surface area contributed by atoms with Crippen molar-refractivity contribution in [3.63, 3.8) is 0 Å². The minimum absolute atomic E-state index is 0.00849. The highest BCUT2D eigenvalue weighted by molar-refractivity contribution is 5.92. The van der Waals surface area contributed by atoms with Gasteiger partial charge in [0.25, 0.3) is 5.91 Å². The summed E-state index contributed by atoms with van der Waals surface area (Å²) >= 11 is 0. The predicted octanol–water partition coefficient (Wildman–Crippen LogP) is 1.30. The van der Waals surface area contributed by atoms with E-state index in [1.165, 1.54) is 0 Å². The summed E-state index contributed by atoms with van der Waals surface area (Å²) in [5.74, 6) is 1.96. The maximum absolute atomic E-state index is 12.8. The van der Waals surface area contributed by atoms with Gasteiger partial charge in [0.15, 0.2) is 5.82 Å². The Kier molecular flexibility index (Phi) is 4.74. The van der Waals surface area contributed by atoms with Crippen molar-refractivity contribution in [3.8, 4) is 0 Å². The number of carbonyl (C=O) groups excluding carboxylic acids is 1. The van der Waals surface area contributed by atoms with Gasteiger partial charge in [-0.05, 0) is 31.9 Å². The molecular weight excluding hydrogens is 344 g/mol. The number of rotatable bonds is 5. The summed E-state index contributed by atoms with van der Waals surface area (Å²) in [6, 6.07) is 3.68. The van der Waals surface area contributed by atoms with Crippen molar-refractivity contribution in [1.29, 1.82) is 0 Å². The Balaban J connectivity index is 1.48. The van der Waals surface area contributed by atoms with Crippen molar-refractivity contribution in [3.05, 3.63) is 48.1 Å². The number of amides is 1. The van der Waals surface area contributed by atoms with Crippen LogP contribution in [0.2, 0.25) is 0 Å². The summed E-state index contributed by atoms with van der Waals surface area (Å²) in [5.41, 5.74) is 0.509. The molecule has 1 atom stereocenters. The molecule has 1 fully saturated rings. The SMILES string of the molecule is CCn1ccc(C(=O)N2CCCC(c3nnc(Cn4cccn4)n3C)C2)n1. The zero-order chi connectivity index (χ0) is 18.8. The van der Waals surface area contributed by atoms with Gasteiger partial charge in [-0.1, -0.05) is 0 Å². The predicted molar refractivity (Wildman–Crippen MR) is 98.1 cm³/mol. The van der Waals surface area contributed by atoms with Crippen LogP contribution in [0, 0.1) is 0 Å². The highest BCUT2D eigenvalue weighted by atomic mass is 16.2. The molecule has 9 heteroatoms. The summed E-state index contributed by atoms with van der Waals surface area (Å²) in [4.78, 5) is 14.7. The number of nitrogens with zero attached hydrogens (tertiary/aromatic N) is 8. The first kappa shape index (κ1) is 17.4. The van der Waals surface area contributed by atoms with E-state index >= 15 is 0 Å². The number of likely N-dealkylation sites (tertiary alicyclic amines) is 1. The van der Waals surface area contributed by atoms with Gasteiger partial charge in [-0.3, -0.25) is 14.2 Å². The third kappa shape index (κ3) is 3.49. The fourth-order valence-corrected chi connectivity index (χ4v) is 3.59. The molecule has 1 unspecified atom stereocenters. The molecule has 1 aliphatic rings. The van der Waals surface area contributed by atoms with Crippen LogP contribution >= 0.6 is 0 Å². The van der Waals surface area contributed by atoms with Crippen LogP contribution in [0.1, 0.15) is 47.8 Å². The zero-order valence-corrected chi connectivity index (χ0v) is 15.7. The lowest BCUT2D eigenvalue weighted by Crippen LogP contribution is -2.40. The van der Waals surface area contributed by atoms with E-state index in [4.69, 9.17) is 0 Å². The van der Waals surface area contributed by atoms with Crippen LogP contribution in [0.15, 0.2) is 30.7 Å². The monoisotopic (exact) mass is 368 g/mol. The molecule has 4 heterocycles.